The van der Waals surface area contributed by atoms with Crippen molar-refractivity contribution in [2.24, 2.45) is 0 Å². The van der Waals surface area contributed by atoms with Gasteiger partial charge in [0.2, 0.25) is 5.91 Å². The van der Waals surface area contributed by atoms with Crippen molar-refractivity contribution in [1.82, 2.24) is 9.78 Å². The third kappa shape index (κ3) is 3.18. The third-order valence-corrected chi connectivity index (χ3v) is 6.48. The third-order valence-electron chi connectivity index (χ3n) is 5.24. The molecule has 0 bridgehead atoms. The summed E-state index contributed by atoms with van der Waals surface area (Å²) in [6.45, 7) is 6.08. The average Bonchev–Trinajstić information content (AvgIpc) is 3.31. The van der Waals surface area contributed by atoms with Gasteiger partial charge >= 0.3 is 0 Å². The van der Waals surface area contributed by atoms with Gasteiger partial charge in [-0.2, -0.15) is 5.10 Å². The fourth-order valence-electron chi connectivity index (χ4n) is 3.74. The molecule has 0 fully saturated rings. The van der Waals surface area contributed by atoms with E-state index in [0.29, 0.717) is 10.7 Å². The average molecular weight is 394 g/mol. The van der Waals surface area contributed by atoms with E-state index in [9.17, 15) is 9.59 Å². The van der Waals surface area contributed by atoms with Gasteiger partial charge < -0.3 is 5.32 Å². The SMILES string of the molecule is CCc1cccc(-n2nc(C)c3c2NC(=O)CC3C(=O)c2ccc(CC)s2)c1. The lowest BCUT2D eigenvalue weighted by molar-refractivity contribution is -0.116. The van der Waals surface area contributed by atoms with Crippen LogP contribution >= 0.6 is 11.3 Å². The van der Waals surface area contributed by atoms with Crippen LogP contribution in [0.5, 0.6) is 0 Å². The molecule has 0 saturated heterocycles. The molecular formula is C22H23N3O2S. The van der Waals surface area contributed by atoms with Crippen LogP contribution < -0.4 is 5.32 Å². The standard InChI is InChI=1S/C22H23N3O2S/c1-4-14-7-6-8-15(11-14)25-22-20(13(3)24-25)17(12-19(26)23-22)21(27)18-10-9-16(5-2)28-18/h6-11,17H,4-5,12H2,1-3H3,(H,23,26). The molecule has 1 unspecified atom stereocenters. The van der Waals surface area contributed by atoms with E-state index >= 15 is 0 Å². The van der Waals surface area contributed by atoms with E-state index in [2.05, 4.69) is 36.4 Å². The van der Waals surface area contributed by atoms with Gasteiger partial charge in [0, 0.05) is 16.9 Å². The van der Waals surface area contributed by atoms with Gasteiger partial charge in [-0.05, 0) is 49.6 Å². The molecule has 0 aliphatic carbocycles. The number of carbonyl (C=O) groups is 2. The molecule has 0 saturated carbocycles. The van der Waals surface area contributed by atoms with Crippen molar-refractivity contribution >= 4 is 28.8 Å². The molecule has 1 aliphatic rings. The first-order valence-corrected chi connectivity index (χ1v) is 10.4. The Balaban J connectivity index is 1.79. The number of carbonyl (C=O) groups excluding carboxylic acids is 2. The topological polar surface area (TPSA) is 64.0 Å². The monoisotopic (exact) mass is 393 g/mol. The molecule has 3 heterocycles. The van der Waals surface area contributed by atoms with Crippen LogP contribution in [0.4, 0.5) is 5.82 Å². The molecule has 3 aromatic rings. The van der Waals surface area contributed by atoms with Crippen molar-refractivity contribution in [2.45, 2.75) is 46.0 Å². The molecule has 2 aromatic heterocycles. The second-order valence-corrected chi connectivity index (χ2v) is 8.24. The largest absolute Gasteiger partial charge is 0.310 e. The summed E-state index contributed by atoms with van der Waals surface area (Å²) in [5.74, 6) is -0.0143. The number of aromatic nitrogens is 2. The zero-order chi connectivity index (χ0) is 19.8. The lowest BCUT2D eigenvalue weighted by Crippen LogP contribution is -2.28. The van der Waals surface area contributed by atoms with Crippen LogP contribution in [-0.4, -0.2) is 21.5 Å². The molecule has 1 aliphatic heterocycles. The number of benzene rings is 1. The van der Waals surface area contributed by atoms with E-state index in [-0.39, 0.29) is 18.1 Å². The first-order chi connectivity index (χ1) is 13.5. The summed E-state index contributed by atoms with van der Waals surface area (Å²) >= 11 is 1.52. The summed E-state index contributed by atoms with van der Waals surface area (Å²) in [4.78, 5) is 27.6. The zero-order valence-corrected chi connectivity index (χ0v) is 17.1. The number of Topliss-reactive ketones (excluding diaryl/α,β-unsaturated/α-hetero) is 1. The van der Waals surface area contributed by atoms with Crippen molar-refractivity contribution in [1.29, 1.82) is 0 Å². The van der Waals surface area contributed by atoms with E-state index in [1.54, 1.807) is 4.68 Å². The Morgan fingerprint density at radius 1 is 1.25 bits per heavy atom. The highest BCUT2D eigenvalue weighted by atomic mass is 32.1. The number of amides is 1. The van der Waals surface area contributed by atoms with Gasteiger partial charge in [-0.3, -0.25) is 9.59 Å². The minimum Gasteiger partial charge on any atom is -0.310 e. The number of rotatable bonds is 5. The summed E-state index contributed by atoms with van der Waals surface area (Å²) in [5.41, 5.74) is 3.70. The fourth-order valence-corrected chi connectivity index (χ4v) is 4.68. The minimum atomic E-state index is -0.491. The Morgan fingerprint density at radius 3 is 2.79 bits per heavy atom. The van der Waals surface area contributed by atoms with Gasteiger partial charge in [0.1, 0.15) is 5.82 Å². The number of nitrogens with one attached hydrogen (secondary N) is 1. The molecular weight excluding hydrogens is 370 g/mol. The van der Waals surface area contributed by atoms with Crippen LogP contribution in [-0.2, 0) is 17.6 Å². The highest BCUT2D eigenvalue weighted by Gasteiger charge is 2.36. The highest BCUT2D eigenvalue weighted by Crippen LogP contribution is 2.39. The van der Waals surface area contributed by atoms with E-state index in [1.807, 2.05) is 31.2 Å². The summed E-state index contributed by atoms with van der Waals surface area (Å²) in [5, 5.41) is 7.62. The Labute approximate surface area is 168 Å². The van der Waals surface area contributed by atoms with Gasteiger partial charge in [0.15, 0.2) is 5.78 Å². The number of anilines is 1. The molecule has 144 valence electrons. The van der Waals surface area contributed by atoms with Crippen molar-refractivity contribution in [3.8, 4) is 5.69 Å². The molecule has 6 heteroatoms. The van der Waals surface area contributed by atoms with Crippen LogP contribution in [0, 0.1) is 6.92 Å². The second-order valence-electron chi connectivity index (χ2n) is 7.07. The molecule has 1 aromatic carbocycles. The van der Waals surface area contributed by atoms with Crippen molar-refractivity contribution < 1.29 is 9.59 Å². The maximum Gasteiger partial charge on any atom is 0.226 e. The Hall–Kier alpha value is -2.73. The number of nitrogens with zero attached hydrogens (tertiary/aromatic N) is 2. The van der Waals surface area contributed by atoms with E-state index in [4.69, 9.17) is 0 Å². The van der Waals surface area contributed by atoms with Crippen LogP contribution in [0.25, 0.3) is 5.69 Å². The molecule has 28 heavy (non-hydrogen) atoms. The van der Waals surface area contributed by atoms with Crippen molar-refractivity contribution in [3.05, 3.63) is 63.0 Å². The number of hydrogen-bond donors (Lipinski definition) is 1. The second kappa shape index (κ2) is 7.36. The Bertz CT molecular complexity index is 1060. The lowest BCUT2D eigenvalue weighted by Gasteiger charge is -2.22. The fraction of sp³-hybridized carbons (Fsp3) is 0.318. The minimum absolute atomic E-state index is 0.00533. The smallest absolute Gasteiger partial charge is 0.226 e. The van der Waals surface area contributed by atoms with Crippen LogP contribution in [0.3, 0.4) is 0 Å². The van der Waals surface area contributed by atoms with Gasteiger partial charge in [0.25, 0.3) is 0 Å². The molecule has 1 amide bonds. The highest BCUT2D eigenvalue weighted by molar-refractivity contribution is 7.14. The van der Waals surface area contributed by atoms with Gasteiger partial charge in [-0.25, -0.2) is 4.68 Å². The summed E-state index contributed by atoms with van der Waals surface area (Å²) < 4.78 is 1.76. The maximum atomic E-state index is 13.2. The number of hydrogen-bond acceptors (Lipinski definition) is 4. The maximum absolute atomic E-state index is 13.2. The summed E-state index contributed by atoms with van der Waals surface area (Å²) in [6.07, 6.45) is 1.98. The quantitative estimate of drug-likeness (QED) is 0.641. The normalized spacial score (nSPS) is 16.0. The van der Waals surface area contributed by atoms with E-state index < -0.39 is 5.92 Å². The van der Waals surface area contributed by atoms with Crippen LogP contribution in [0.15, 0.2) is 36.4 Å². The van der Waals surface area contributed by atoms with E-state index in [0.717, 1.165) is 29.8 Å². The summed E-state index contributed by atoms with van der Waals surface area (Å²) in [7, 11) is 0. The number of thiophene rings is 1. The molecule has 0 spiro atoms. The first-order valence-electron chi connectivity index (χ1n) is 9.63. The molecule has 4 rings (SSSR count). The van der Waals surface area contributed by atoms with Crippen LogP contribution in [0.1, 0.15) is 57.6 Å². The van der Waals surface area contributed by atoms with E-state index in [1.165, 1.54) is 21.8 Å². The summed E-state index contributed by atoms with van der Waals surface area (Å²) in [6, 6.07) is 12.0. The number of ketones is 1. The lowest BCUT2D eigenvalue weighted by atomic mass is 9.87. The Kier molecular flexibility index (Phi) is 4.89. The molecule has 5 nitrogen and oxygen atoms in total. The molecule has 1 atom stereocenters. The predicted molar refractivity (Wildman–Crippen MR) is 112 cm³/mol. The van der Waals surface area contributed by atoms with Crippen molar-refractivity contribution in [3.63, 3.8) is 0 Å². The van der Waals surface area contributed by atoms with Gasteiger partial charge in [0.05, 0.1) is 22.2 Å². The van der Waals surface area contributed by atoms with Crippen LogP contribution in [0.2, 0.25) is 0 Å². The predicted octanol–water partition coefficient (Wildman–Crippen LogP) is 4.68. The first kappa shape index (κ1) is 18.6. The van der Waals surface area contributed by atoms with Crippen molar-refractivity contribution in [2.75, 3.05) is 5.32 Å². The van der Waals surface area contributed by atoms with Gasteiger partial charge in [-0.15, -0.1) is 11.3 Å². The Morgan fingerprint density at radius 2 is 2.07 bits per heavy atom. The zero-order valence-electron chi connectivity index (χ0n) is 16.3. The molecule has 1 N–H and O–H groups in total. The number of aryl methyl sites for hydroxylation is 3. The number of fused-ring (bicyclic) bond motifs is 1. The van der Waals surface area contributed by atoms with Gasteiger partial charge in [-0.1, -0.05) is 26.0 Å². The molecule has 0 radical (unpaired) electrons.